The van der Waals surface area contributed by atoms with E-state index in [0.29, 0.717) is 30.2 Å². The molecule has 154 valence electrons. The fourth-order valence-corrected chi connectivity index (χ4v) is 3.17. The summed E-state index contributed by atoms with van der Waals surface area (Å²) in [5, 5.41) is 7.59. The third-order valence-corrected chi connectivity index (χ3v) is 4.76. The average molecular weight is 408 g/mol. The molecule has 0 amide bonds. The number of halogens is 2. The Morgan fingerprint density at radius 2 is 2.03 bits per heavy atom. The average Bonchev–Trinajstić information content (AvgIpc) is 3.41. The summed E-state index contributed by atoms with van der Waals surface area (Å²) in [6, 6.07) is 8.38. The molecule has 2 aromatic heterocycles. The predicted molar refractivity (Wildman–Crippen MR) is 113 cm³/mol. The number of rotatable bonds is 8. The summed E-state index contributed by atoms with van der Waals surface area (Å²) in [6.07, 6.45) is 6.89. The smallest absolute Gasteiger partial charge is 0.183 e. The number of nitrogens with zero attached hydrogens (tertiary/aromatic N) is 5. The normalized spacial score (nSPS) is 13.0. The first-order valence-corrected chi connectivity index (χ1v) is 9.95. The van der Waals surface area contributed by atoms with Gasteiger partial charge in [-0.2, -0.15) is 5.10 Å². The Hall–Kier alpha value is -3.42. The highest BCUT2D eigenvalue weighted by Gasteiger charge is 2.18. The molecule has 1 aliphatic heterocycles. The van der Waals surface area contributed by atoms with Crippen LogP contribution in [0.25, 0.3) is 11.5 Å². The highest BCUT2D eigenvalue weighted by atomic mass is 19.1. The number of nitrogens with one attached hydrogen (secondary N) is 1. The van der Waals surface area contributed by atoms with Crippen LogP contribution in [-0.4, -0.2) is 38.5 Å². The van der Waals surface area contributed by atoms with Crippen molar-refractivity contribution in [2.24, 2.45) is 4.99 Å². The number of unbranched alkanes of at least 4 members (excludes halogenated alkanes) is 1. The molecular formula is C22H22F2N6. The van der Waals surface area contributed by atoms with Gasteiger partial charge in [-0.3, -0.25) is 9.67 Å². The minimum atomic E-state index is -0.510. The van der Waals surface area contributed by atoms with Crippen LogP contribution in [0.5, 0.6) is 0 Å². The molecule has 0 atom stereocenters. The Morgan fingerprint density at radius 1 is 1.17 bits per heavy atom. The second kappa shape index (κ2) is 8.94. The third kappa shape index (κ3) is 4.27. The maximum atomic E-state index is 14.2. The number of aliphatic imine (C=N–C) groups is 1. The van der Waals surface area contributed by atoms with Gasteiger partial charge in [-0.05, 0) is 24.6 Å². The maximum Gasteiger partial charge on any atom is 0.183 e. The van der Waals surface area contributed by atoms with E-state index in [1.807, 2.05) is 12.2 Å². The first kappa shape index (κ1) is 19.9. The number of benzene rings is 1. The lowest BCUT2D eigenvalue weighted by atomic mass is 10.2. The van der Waals surface area contributed by atoms with Crippen molar-refractivity contribution >= 4 is 11.5 Å². The topological polar surface area (TPSA) is 68.0 Å². The fourth-order valence-electron chi connectivity index (χ4n) is 3.17. The molecule has 0 aliphatic carbocycles. The van der Waals surface area contributed by atoms with Crippen LogP contribution in [0.4, 0.5) is 14.6 Å². The Bertz CT molecular complexity index is 1100. The predicted octanol–water partition coefficient (Wildman–Crippen LogP) is 4.24. The molecule has 0 radical (unpaired) electrons. The lowest BCUT2D eigenvalue weighted by Crippen LogP contribution is -2.11. The van der Waals surface area contributed by atoms with Crippen molar-refractivity contribution in [1.29, 1.82) is 0 Å². The summed E-state index contributed by atoms with van der Waals surface area (Å²) in [7, 11) is 0. The van der Waals surface area contributed by atoms with Crippen molar-refractivity contribution in [1.82, 2.24) is 19.7 Å². The van der Waals surface area contributed by atoms with Gasteiger partial charge in [-0.15, -0.1) is 0 Å². The second-order valence-corrected chi connectivity index (χ2v) is 6.96. The van der Waals surface area contributed by atoms with Gasteiger partial charge in [0.2, 0.25) is 0 Å². The van der Waals surface area contributed by atoms with E-state index in [1.165, 1.54) is 6.07 Å². The van der Waals surface area contributed by atoms with Crippen LogP contribution in [0.1, 0.15) is 31.0 Å². The van der Waals surface area contributed by atoms with Crippen molar-refractivity contribution in [2.45, 2.75) is 26.3 Å². The Labute approximate surface area is 173 Å². The van der Waals surface area contributed by atoms with Gasteiger partial charge in [0.1, 0.15) is 11.5 Å². The summed E-state index contributed by atoms with van der Waals surface area (Å²) < 4.78 is 30.0. The zero-order valence-electron chi connectivity index (χ0n) is 16.6. The molecule has 1 aliphatic rings. The summed E-state index contributed by atoms with van der Waals surface area (Å²) in [5.41, 5.74) is 2.48. The summed E-state index contributed by atoms with van der Waals surface area (Å²) in [6.45, 7) is 3.51. The molecule has 1 N–H and O–H groups in total. The quantitative estimate of drug-likeness (QED) is 0.566. The largest absolute Gasteiger partial charge is 0.368 e. The van der Waals surface area contributed by atoms with E-state index in [9.17, 15) is 8.78 Å². The van der Waals surface area contributed by atoms with Gasteiger partial charge in [0.15, 0.2) is 17.5 Å². The van der Waals surface area contributed by atoms with Crippen molar-refractivity contribution in [3.63, 3.8) is 0 Å². The molecular weight excluding hydrogens is 386 g/mol. The van der Waals surface area contributed by atoms with Crippen LogP contribution in [0, 0.1) is 11.6 Å². The molecule has 0 saturated heterocycles. The molecule has 0 unspecified atom stereocenters. The van der Waals surface area contributed by atoms with E-state index < -0.39 is 5.82 Å². The van der Waals surface area contributed by atoms with Crippen LogP contribution in [0.15, 0.2) is 53.7 Å². The number of anilines is 1. The summed E-state index contributed by atoms with van der Waals surface area (Å²) in [5.74, 6) is -0.364. The minimum absolute atomic E-state index is 0.150. The molecule has 30 heavy (non-hydrogen) atoms. The highest BCUT2D eigenvalue weighted by molar-refractivity contribution is 6.09. The standard InChI is InChI=1S/C22H22F2N6/c1-2-3-10-26-21-17(24)13-27-22(28-21)19-12-20(18-9-6-11-25-18)30(29-19)14-15-7-4-5-8-16(15)23/h4-9,12-13H,2-3,10-11,14H2,1H3,(H,26,27,28). The van der Waals surface area contributed by atoms with E-state index in [-0.39, 0.29) is 18.2 Å². The number of aromatic nitrogens is 4. The van der Waals surface area contributed by atoms with Gasteiger partial charge in [0, 0.05) is 12.1 Å². The number of hydrogen-bond donors (Lipinski definition) is 1. The van der Waals surface area contributed by atoms with Crippen molar-refractivity contribution in [2.75, 3.05) is 18.4 Å². The van der Waals surface area contributed by atoms with Gasteiger partial charge in [0.25, 0.3) is 0 Å². The molecule has 4 rings (SSSR count). The molecule has 6 nitrogen and oxygen atoms in total. The van der Waals surface area contributed by atoms with Gasteiger partial charge in [0.05, 0.1) is 30.7 Å². The van der Waals surface area contributed by atoms with Crippen molar-refractivity contribution < 1.29 is 8.78 Å². The molecule has 3 heterocycles. The van der Waals surface area contributed by atoms with E-state index in [2.05, 4.69) is 32.3 Å². The van der Waals surface area contributed by atoms with Crippen LogP contribution in [0.2, 0.25) is 0 Å². The molecule has 0 spiro atoms. The van der Waals surface area contributed by atoms with Crippen molar-refractivity contribution in [3.05, 3.63) is 71.6 Å². The number of hydrogen-bond acceptors (Lipinski definition) is 5. The Morgan fingerprint density at radius 3 is 2.80 bits per heavy atom. The SMILES string of the molecule is CCCCNc1nc(-c2cc(C3=NCC=C3)n(Cc3ccccc3F)n2)ncc1F. The van der Waals surface area contributed by atoms with E-state index >= 15 is 0 Å². The lowest BCUT2D eigenvalue weighted by molar-refractivity contribution is 0.584. The molecule has 1 aromatic carbocycles. The van der Waals surface area contributed by atoms with Crippen LogP contribution >= 0.6 is 0 Å². The summed E-state index contributed by atoms with van der Waals surface area (Å²) >= 11 is 0. The third-order valence-electron chi connectivity index (χ3n) is 4.76. The van der Waals surface area contributed by atoms with Crippen LogP contribution in [0.3, 0.4) is 0 Å². The first-order chi connectivity index (χ1) is 14.7. The molecule has 0 saturated carbocycles. The second-order valence-electron chi connectivity index (χ2n) is 6.96. The van der Waals surface area contributed by atoms with Gasteiger partial charge >= 0.3 is 0 Å². The Kier molecular flexibility index (Phi) is 5.92. The van der Waals surface area contributed by atoms with Gasteiger partial charge in [-0.1, -0.05) is 37.6 Å². The fraction of sp³-hybridized carbons (Fsp3) is 0.273. The zero-order valence-corrected chi connectivity index (χ0v) is 16.6. The van der Waals surface area contributed by atoms with E-state index in [4.69, 9.17) is 0 Å². The molecule has 0 fully saturated rings. The van der Waals surface area contributed by atoms with Gasteiger partial charge < -0.3 is 5.32 Å². The van der Waals surface area contributed by atoms with Crippen LogP contribution < -0.4 is 5.32 Å². The Balaban J connectivity index is 1.70. The maximum absolute atomic E-state index is 14.2. The molecule has 3 aromatic rings. The summed E-state index contributed by atoms with van der Waals surface area (Å²) in [4.78, 5) is 12.9. The van der Waals surface area contributed by atoms with E-state index in [0.717, 1.165) is 30.4 Å². The monoisotopic (exact) mass is 408 g/mol. The van der Waals surface area contributed by atoms with Crippen molar-refractivity contribution in [3.8, 4) is 11.5 Å². The molecule has 8 heteroatoms. The van der Waals surface area contributed by atoms with Gasteiger partial charge in [-0.25, -0.2) is 18.7 Å². The highest BCUT2D eigenvalue weighted by Crippen LogP contribution is 2.22. The number of allylic oxidation sites excluding steroid dienone is 1. The van der Waals surface area contributed by atoms with Crippen LogP contribution in [-0.2, 0) is 6.54 Å². The zero-order chi connectivity index (χ0) is 20.9. The lowest BCUT2D eigenvalue weighted by Gasteiger charge is -2.08. The molecule has 0 bridgehead atoms. The first-order valence-electron chi connectivity index (χ1n) is 9.95. The van der Waals surface area contributed by atoms with E-state index in [1.54, 1.807) is 28.9 Å². The minimum Gasteiger partial charge on any atom is -0.368 e.